The van der Waals surface area contributed by atoms with E-state index in [-0.39, 0.29) is 0 Å². The predicted octanol–water partition coefficient (Wildman–Crippen LogP) is 1.02. The number of ketones is 4. The summed E-state index contributed by atoms with van der Waals surface area (Å²) in [5.74, 6) is -7.24. The molecule has 0 aliphatic heterocycles. The van der Waals surface area contributed by atoms with Crippen LogP contribution in [0.3, 0.4) is 0 Å². The highest BCUT2D eigenvalue weighted by molar-refractivity contribution is 6.52. The molecule has 0 aliphatic carbocycles. The molecule has 0 unspecified atom stereocenters. The Morgan fingerprint density at radius 1 is 0.735 bits per heavy atom. The van der Waals surface area contributed by atoms with Crippen molar-refractivity contribution in [1.82, 2.24) is 0 Å². The Morgan fingerprint density at radius 3 is 1.62 bits per heavy atom. The van der Waals surface area contributed by atoms with Gasteiger partial charge in [0.15, 0.2) is 5.60 Å². The minimum Gasteiger partial charge on any atom is -0.394 e. The van der Waals surface area contributed by atoms with Crippen molar-refractivity contribution in [3.8, 4) is 0 Å². The number of hydrogen-bond donors (Lipinski definition) is 4. The van der Waals surface area contributed by atoms with E-state index in [0.29, 0.717) is 0 Å². The highest BCUT2D eigenvalue weighted by Crippen LogP contribution is 2.35. The van der Waals surface area contributed by atoms with Crippen LogP contribution >= 0.6 is 0 Å². The van der Waals surface area contributed by atoms with E-state index in [1.807, 2.05) is 0 Å². The van der Waals surface area contributed by atoms with Gasteiger partial charge in [0.1, 0.15) is 6.10 Å². The molecule has 0 heterocycles. The molecule has 3 aromatic rings. The normalized spacial score (nSPS) is 16.6. The molecule has 8 heteroatoms. The summed E-state index contributed by atoms with van der Waals surface area (Å²) in [5, 5.41) is 43.6. The number of hydrogen-bond acceptors (Lipinski definition) is 8. The lowest BCUT2D eigenvalue weighted by Crippen LogP contribution is -2.74. The van der Waals surface area contributed by atoms with Gasteiger partial charge in [-0.15, -0.1) is 0 Å². The van der Waals surface area contributed by atoms with Gasteiger partial charge in [0.05, 0.1) is 10.7 Å². The highest BCUT2D eigenvalue weighted by Gasteiger charge is 2.68. The maximum atomic E-state index is 13.7. The molecular formula is C26H22O8. The van der Waals surface area contributed by atoms with Crippen molar-refractivity contribution in [2.75, 3.05) is 6.61 Å². The fourth-order valence-corrected chi connectivity index (χ4v) is 3.43. The SMILES string of the molecule is [2H]c1ccccc1C(=O)C(=O)[C@@](O)(C(=O)c1ccccc1[2H])[C@](O)(C(=O)c1ccccc1[2H])[C@H](O)CO. The first-order valence-electron chi connectivity index (χ1n) is 11.5. The van der Waals surface area contributed by atoms with Gasteiger partial charge in [0.2, 0.25) is 28.7 Å². The van der Waals surface area contributed by atoms with Crippen LogP contribution in [-0.4, -0.2) is 67.5 Å². The molecule has 0 aromatic heterocycles. The fourth-order valence-electron chi connectivity index (χ4n) is 3.43. The van der Waals surface area contributed by atoms with Gasteiger partial charge in [0, 0.05) is 16.7 Å². The summed E-state index contributed by atoms with van der Waals surface area (Å²) in [6, 6.07) is 12.7. The van der Waals surface area contributed by atoms with Crippen molar-refractivity contribution in [1.29, 1.82) is 0 Å². The lowest BCUT2D eigenvalue weighted by molar-refractivity contribution is -0.171. The number of rotatable bonds is 10. The number of benzene rings is 3. The molecule has 4 N–H and O–H groups in total. The second-order valence-electron chi connectivity index (χ2n) is 7.32. The van der Waals surface area contributed by atoms with Gasteiger partial charge < -0.3 is 20.4 Å². The number of Topliss-reactive ketones (excluding diaryl/α,β-unsaturated/α-hetero) is 4. The second-order valence-corrected chi connectivity index (χ2v) is 7.32. The maximum absolute atomic E-state index is 13.7. The Hall–Kier alpha value is -3.82. The molecule has 0 amide bonds. The summed E-state index contributed by atoms with van der Waals surface area (Å²) in [6.07, 6.45) is -2.71. The van der Waals surface area contributed by atoms with Crippen LogP contribution in [0.4, 0.5) is 0 Å². The fraction of sp³-hybridized carbons (Fsp3) is 0.154. The molecule has 0 aliphatic rings. The Morgan fingerprint density at radius 2 is 1.18 bits per heavy atom. The van der Waals surface area contributed by atoms with Crippen LogP contribution in [0.2, 0.25) is 0 Å². The van der Waals surface area contributed by atoms with Gasteiger partial charge in [-0.2, -0.15) is 0 Å². The minimum atomic E-state index is -4.09. The molecule has 3 rings (SSSR count). The van der Waals surface area contributed by atoms with E-state index in [1.165, 1.54) is 36.4 Å². The Kier molecular flexibility index (Phi) is 6.10. The van der Waals surface area contributed by atoms with Crippen LogP contribution in [0.25, 0.3) is 0 Å². The molecule has 0 saturated carbocycles. The first-order chi connectivity index (χ1) is 17.4. The average molecular weight is 465 g/mol. The number of aliphatic hydroxyl groups excluding tert-OH is 2. The van der Waals surface area contributed by atoms with Gasteiger partial charge in [0.25, 0.3) is 0 Å². The molecule has 174 valence electrons. The summed E-state index contributed by atoms with van der Waals surface area (Å²) in [7, 11) is 0. The molecule has 0 fully saturated rings. The van der Waals surface area contributed by atoms with Crippen LogP contribution in [0, 0.1) is 0 Å². The van der Waals surface area contributed by atoms with Crippen molar-refractivity contribution in [2.45, 2.75) is 17.3 Å². The van der Waals surface area contributed by atoms with Gasteiger partial charge in [-0.3, -0.25) is 19.2 Å². The van der Waals surface area contributed by atoms with Crippen LogP contribution in [0.5, 0.6) is 0 Å². The van der Waals surface area contributed by atoms with E-state index >= 15 is 0 Å². The third-order valence-electron chi connectivity index (χ3n) is 5.28. The summed E-state index contributed by atoms with van der Waals surface area (Å²) in [6.45, 7) is -1.46. The monoisotopic (exact) mass is 465 g/mol. The van der Waals surface area contributed by atoms with Crippen molar-refractivity contribution < 1.29 is 43.7 Å². The van der Waals surface area contributed by atoms with Gasteiger partial charge >= 0.3 is 0 Å². The molecule has 8 nitrogen and oxygen atoms in total. The Bertz CT molecular complexity index is 1390. The van der Waals surface area contributed by atoms with E-state index in [0.717, 1.165) is 36.4 Å². The minimum absolute atomic E-state index is 0.481. The Balaban J connectivity index is 2.37. The first-order valence-corrected chi connectivity index (χ1v) is 10.0. The molecule has 0 spiro atoms. The number of carbonyl (C=O) groups excluding carboxylic acids is 4. The zero-order valence-corrected chi connectivity index (χ0v) is 17.6. The molecule has 34 heavy (non-hydrogen) atoms. The van der Waals surface area contributed by atoms with Gasteiger partial charge in [-0.25, -0.2) is 0 Å². The zero-order chi connectivity index (χ0) is 27.5. The lowest BCUT2D eigenvalue weighted by Gasteiger charge is -2.41. The standard InChI is InChI=1S/C26H22O8/c27-16-20(28)25(33,22(30)18-12-6-2-7-13-18)26(34,23(31)19-14-8-3-9-15-19)24(32)21(29)17-10-4-1-5-11-17/h1-15,20,27-28,33-34H,16H2/t20-,25-,26+/m1/s1/i10D,12D,14D. The third-order valence-corrected chi connectivity index (χ3v) is 5.28. The van der Waals surface area contributed by atoms with Crippen LogP contribution in [0.1, 0.15) is 35.2 Å². The van der Waals surface area contributed by atoms with E-state index in [9.17, 15) is 39.6 Å². The molecular weight excluding hydrogens is 440 g/mol. The van der Waals surface area contributed by atoms with Crippen molar-refractivity contribution in [3.05, 3.63) is 108 Å². The summed E-state index contributed by atoms with van der Waals surface area (Å²) in [5.41, 5.74) is -9.93. The van der Waals surface area contributed by atoms with Crippen LogP contribution in [-0.2, 0) is 4.79 Å². The Labute approximate surface area is 199 Å². The third kappa shape index (κ3) is 4.11. The first kappa shape index (κ1) is 20.8. The average Bonchev–Trinajstić information content (AvgIpc) is 2.90. The summed E-state index contributed by atoms with van der Waals surface area (Å²) in [4.78, 5) is 54.1. The number of aliphatic hydroxyl groups is 4. The van der Waals surface area contributed by atoms with Crippen LogP contribution in [0.15, 0.2) is 90.9 Å². The topological polar surface area (TPSA) is 149 Å². The zero-order valence-electron chi connectivity index (χ0n) is 20.6. The van der Waals surface area contributed by atoms with Crippen molar-refractivity contribution in [2.24, 2.45) is 0 Å². The highest BCUT2D eigenvalue weighted by atomic mass is 16.4. The quantitative estimate of drug-likeness (QED) is 0.197. The van der Waals surface area contributed by atoms with E-state index in [1.54, 1.807) is 0 Å². The number of carbonyl (C=O) groups is 4. The molecule has 3 atom stereocenters. The van der Waals surface area contributed by atoms with Gasteiger partial charge in [-0.1, -0.05) is 90.9 Å². The van der Waals surface area contributed by atoms with Crippen LogP contribution < -0.4 is 0 Å². The van der Waals surface area contributed by atoms with E-state index < -0.39 is 81.9 Å². The predicted molar refractivity (Wildman–Crippen MR) is 120 cm³/mol. The summed E-state index contributed by atoms with van der Waals surface area (Å²) < 4.78 is 23.9. The summed E-state index contributed by atoms with van der Waals surface area (Å²) >= 11 is 0. The largest absolute Gasteiger partial charge is 0.394 e. The molecule has 0 saturated heterocycles. The van der Waals surface area contributed by atoms with E-state index in [2.05, 4.69) is 0 Å². The smallest absolute Gasteiger partial charge is 0.246 e. The second kappa shape index (κ2) is 9.98. The maximum Gasteiger partial charge on any atom is 0.246 e. The molecule has 0 bridgehead atoms. The molecule has 0 radical (unpaired) electrons. The van der Waals surface area contributed by atoms with Gasteiger partial charge in [-0.05, 0) is 0 Å². The van der Waals surface area contributed by atoms with Crippen molar-refractivity contribution in [3.63, 3.8) is 0 Å². The van der Waals surface area contributed by atoms with E-state index in [4.69, 9.17) is 4.11 Å². The van der Waals surface area contributed by atoms with Crippen molar-refractivity contribution >= 4 is 23.1 Å². The lowest BCUT2D eigenvalue weighted by atomic mass is 9.67. The molecule has 3 aromatic carbocycles.